The summed E-state index contributed by atoms with van der Waals surface area (Å²) in [5, 5.41) is 17.2. The van der Waals surface area contributed by atoms with Crippen molar-refractivity contribution < 1.29 is 9.53 Å². The molecule has 0 spiro atoms. The predicted octanol–water partition coefficient (Wildman–Crippen LogP) is 6.01. The van der Waals surface area contributed by atoms with Crippen LogP contribution in [0.1, 0.15) is 95.4 Å². The fourth-order valence-electron chi connectivity index (χ4n) is 5.68. The summed E-state index contributed by atoms with van der Waals surface area (Å²) in [7, 11) is 0. The third-order valence-corrected chi connectivity index (χ3v) is 7.56. The molecule has 1 unspecified atom stereocenters. The molecule has 3 aromatic heterocycles. The average molecular weight is 546 g/mol. The fourth-order valence-corrected chi connectivity index (χ4v) is 5.68. The third-order valence-electron chi connectivity index (χ3n) is 7.56. The monoisotopic (exact) mass is 545 g/mol. The Balaban J connectivity index is 1.41. The van der Waals surface area contributed by atoms with Crippen LogP contribution >= 0.6 is 0 Å². The number of esters is 1. The van der Waals surface area contributed by atoms with E-state index in [-0.39, 0.29) is 29.3 Å². The molecule has 1 saturated carbocycles. The molecule has 0 amide bonds. The Labute approximate surface area is 234 Å². The first-order valence-electron chi connectivity index (χ1n) is 14.1. The molecular formula is C30H39N7O3. The minimum atomic E-state index is -0.609. The Bertz CT molecular complexity index is 1540. The molecule has 212 valence electrons. The van der Waals surface area contributed by atoms with Gasteiger partial charge in [-0.05, 0) is 69.2 Å². The number of hydrogen-bond acceptors (Lipinski definition) is 7. The van der Waals surface area contributed by atoms with E-state index in [1.807, 2.05) is 55.8 Å². The Morgan fingerprint density at radius 3 is 2.52 bits per heavy atom. The first kappa shape index (κ1) is 27.6. The van der Waals surface area contributed by atoms with Crippen LogP contribution in [0.3, 0.4) is 0 Å². The largest absolute Gasteiger partial charge is 0.455 e. The van der Waals surface area contributed by atoms with Crippen molar-refractivity contribution in [2.24, 2.45) is 11.8 Å². The summed E-state index contributed by atoms with van der Waals surface area (Å²) in [5.74, 6) is 0.748. The van der Waals surface area contributed by atoms with Crippen molar-refractivity contribution in [2.75, 3.05) is 5.32 Å². The Kier molecular flexibility index (Phi) is 7.53. The van der Waals surface area contributed by atoms with Crippen LogP contribution in [0.4, 0.5) is 11.5 Å². The summed E-state index contributed by atoms with van der Waals surface area (Å²) in [4.78, 5) is 28.2. The minimum Gasteiger partial charge on any atom is -0.455 e. The topological polar surface area (TPSA) is 120 Å². The molecule has 5 rings (SSSR count). The zero-order chi connectivity index (χ0) is 28.6. The molecule has 0 aliphatic heterocycles. The van der Waals surface area contributed by atoms with Gasteiger partial charge in [0.1, 0.15) is 11.0 Å². The Morgan fingerprint density at radius 2 is 1.85 bits per heavy atom. The summed E-state index contributed by atoms with van der Waals surface area (Å²) in [5.41, 5.74) is 2.11. The van der Waals surface area contributed by atoms with E-state index in [0.29, 0.717) is 17.1 Å². The van der Waals surface area contributed by atoms with Crippen molar-refractivity contribution in [1.29, 1.82) is 0 Å². The van der Waals surface area contributed by atoms with Crippen molar-refractivity contribution in [3.05, 3.63) is 64.3 Å². The van der Waals surface area contributed by atoms with Crippen molar-refractivity contribution >= 4 is 28.4 Å². The second kappa shape index (κ2) is 10.9. The minimum absolute atomic E-state index is 0.131. The number of rotatable bonds is 7. The maximum absolute atomic E-state index is 12.9. The van der Waals surface area contributed by atoms with E-state index in [4.69, 9.17) is 9.84 Å². The number of ether oxygens (including phenoxy) is 1. The average Bonchev–Trinajstić information content (AvgIpc) is 3.51. The van der Waals surface area contributed by atoms with Gasteiger partial charge in [0, 0.05) is 11.9 Å². The molecule has 1 fully saturated rings. The molecule has 3 atom stereocenters. The highest BCUT2D eigenvalue weighted by molar-refractivity contribution is 5.91. The Morgan fingerprint density at radius 1 is 1.12 bits per heavy atom. The lowest BCUT2D eigenvalue weighted by Crippen LogP contribution is -2.24. The van der Waals surface area contributed by atoms with Crippen LogP contribution in [0.15, 0.2) is 47.5 Å². The van der Waals surface area contributed by atoms with Gasteiger partial charge in [-0.1, -0.05) is 51.0 Å². The number of benzene rings is 1. The maximum atomic E-state index is 12.9. The number of fused-ring (bicyclic) bond motifs is 1. The molecule has 0 bridgehead atoms. The molecule has 0 saturated heterocycles. The smallest absolute Gasteiger partial charge is 0.361 e. The van der Waals surface area contributed by atoms with E-state index in [1.54, 1.807) is 17.1 Å². The van der Waals surface area contributed by atoms with Gasteiger partial charge in [-0.3, -0.25) is 9.48 Å². The molecule has 1 aliphatic rings. The van der Waals surface area contributed by atoms with Crippen molar-refractivity contribution in [2.45, 2.75) is 84.9 Å². The summed E-state index contributed by atoms with van der Waals surface area (Å²) >= 11 is 0. The number of carbonyl (C=O) groups is 1. The predicted molar refractivity (Wildman–Crippen MR) is 155 cm³/mol. The van der Waals surface area contributed by atoms with Crippen LogP contribution in [-0.4, -0.2) is 41.3 Å². The molecule has 2 N–H and O–H groups in total. The lowest BCUT2D eigenvalue weighted by molar-refractivity contribution is 0.00626. The molecule has 40 heavy (non-hydrogen) atoms. The van der Waals surface area contributed by atoms with Crippen LogP contribution in [0.2, 0.25) is 0 Å². The Hall–Kier alpha value is -3.95. The highest BCUT2D eigenvalue weighted by Crippen LogP contribution is 2.37. The van der Waals surface area contributed by atoms with E-state index >= 15 is 0 Å². The molecule has 10 heteroatoms. The lowest BCUT2D eigenvalue weighted by Gasteiger charge is -2.29. The van der Waals surface area contributed by atoms with Gasteiger partial charge in [0.25, 0.3) is 5.56 Å². The quantitative estimate of drug-likeness (QED) is 0.273. The zero-order valence-corrected chi connectivity index (χ0v) is 24.1. The lowest BCUT2D eigenvalue weighted by atomic mass is 9.86. The molecule has 10 nitrogen and oxygen atoms in total. The second-order valence-electron chi connectivity index (χ2n) is 12.2. The number of pyridine rings is 1. The van der Waals surface area contributed by atoms with Gasteiger partial charge >= 0.3 is 5.97 Å². The van der Waals surface area contributed by atoms with Crippen molar-refractivity contribution in [3.8, 4) is 0 Å². The third kappa shape index (κ3) is 5.66. The van der Waals surface area contributed by atoms with Crippen molar-refractivity contribution in [3.63, 3.8) is 0 Å². The number of carbonyl (C=O) groups excluding carboxylic acids is 1. The first-order valence-corrected chi connectivity index (χ1v) is 14.1. The van der Waals surface area contributed by atoms with Crippen LogP contribution in [0.5, 0.6) is 0 Å². The second-order valence-corrected chi connectivity index (χ2v) is 12.2. The summed E-state index contributed by atoms with van der Waals surface area (Å²) in [6, 6.07) is 10.1. The van der Waals surface area contributed by atoms with E-state index in [9.17, 15) is 9.59 Å². The maximum Gasteiger partial charge on any atom is 0.361 e. The highest BCUT2D eigenvalue weighted by atomic mass is 16.6. The highest BCUT2D eigenvalue weighted by Gasteiger charge is 2.28. The summed E-state index contributed by atoms with van der Waals surface area (Å²) in [6.45, 7) is 11.9. The summed E-state index contributed by atoms with van der Waals surface area (Å²) in [6.07, 6.45) is 7.98. The molecule has 1 aromatic carbocycles. The number of anilines is 2. The van der Waals surface area contributed by atoms with Crippen LogP contribution in [-0.2, 0) is 4.74 Å². The number of nitrogens with one attached hydrogen (secondary N) is 2. The van der Waals surface area contributed by atoms with Crippen LogP contribution in [0.25, 0.3) is 10.9 Å². The molecule has 0 radical (unpaired) electrons. The van der Waals surface area contributed by atoms with E-state index < -0.39 is 11.6 Å². The number of H-pyrrole nitrogens is 1. The van der Waals surface area contributed by atoms with Gasteiger partial charge in [-0.25, -0.2) is 9.48 Å². The SMILES string of the molecule is CC(C)C(c1ccc(Nc2nn([C@H]3CCCC[C@@H]3C)c3cc[nH]c(=O)c23)cc1)n1cc(C(=O)OC(C)(C)C)nn1. The molecular weight excluding hydrogens is 506 g/mol. The van der Waals surface area contributed by atoms with Gasteiger partial charge in [-0.15, -0.1) is 5.10 Å². The van der Waals surface area contributed by atoms with Crippen LogP contribution < -0.4 is 10.9 Å². The standard InChI is InChI=1S/C30H39N7O3/c1-18(2)26(36-17-22(33-35-36)29(39)40-30(4,5)6)20-11-13-21(14-12-20)32-27-25-24(15-16-31-28(25)38)37(34-27)23-10-8-7-9-19(23)3/h11-19,23,26H,7-10H2,1-6H3,(H,31,38)(H,32,34)/t19-,23-,26?/m0/s1. The number of hydrogen-bond donors (Lipinski definition) is 2. The zero-order valence-electron chi connectivity index (χ0n) is 24.1. The molecule has 1 aliphatic carbocycles. The number of aromatic amines is 1. The van der Waals surface area contributed by atoms with Crippen LogP contribution in [0, 0.1) is 11.8 Å². The molecule has 3 heterocycles. The fraction of sp³-hybridized carbons (Fsp3) is 0.500. The summed E-state index contributed by atoms with van der Waals surface area (Å²) < 4.78 is 9.21. The molecule has 4 aromatic rings. The van der Waals surface area contributed by atoms with Gasteiger partial charge in [-0.2, -0.15) is 5.10 Å². The number of nitrogens with zero attached hydrogens (tertiary/aromatic N) is 5. The number of aromatic nitrogens is 6. The van der Waals surface area contributed by atoms with Gasteiger partial charge in [0.05, 0.1) is 23.8 Å². The van der Waals surface area contributed by atoms with E-state index in [1.165, 1.54) is 19.3 Å². The van der Waals surface area contributed by atoms with Gasteiger partial charge < -0.3 is 15.0 Å². The van der Waals surface area contributed by atoms with E-state index in [0.717, 1.165) is 23.2 Å². The van der Waals surface area contributed by atoms with Gasteiger partial charge in [0.15, 0.2) is 11.5 Å². The normalized spacial score (nSPS) is 18.7. The first-order chi connectivity index (χ1) is 19.0. The van der Waals surface area contributed by atoms with Crippen molar-refractivity contribution in [1.82, 2.24) is 29.8 Å². The van der Waals surface area contributed by atoms with Gasteiger partial charge in [0.2, 0.25) is 0 Å². The van der Waals surface area contributed by atoms with E-state index in [2.05, 4.69) is 41.4 Å².